The van der Waals surface area contributed by atoms with E-state index in [4.69, 9.17) is 5.10 Å². The third kappa shape index (κ3) is 5.28. The zero-order valence-corrected chi connectivity index (χ0v) is 20.2. The highest BCUT2D eigenvalue weighted by Gasteiger charge is 2.36. The number of rotatable bonds is 6. The summed E-state index contributed by atoms with van der Waals surface area (Å²) in [6, 6.07) is 12.0. The first-order valence-corrected chi connectivity index (χ1v) is 13.5. The van der Waals surface area contributed by atoms with Crippen molar-refractivity contribution in [2.45, 2.75) is 38.3 Å². The first-order chi connectivity index (χ1) is 16.9. The van der Waals surface area contributed by atoms with Gasteiger partial charge >= 0.3 is 0 Å². The predicted octanol–water partition coefficient (Wildman–Crippen LogP) is 2.70. The number of hydrogen-bond acceptors (Lipinski definition) is 5. The van der Waals surface area contributed by atoms with Crippen LogP contribution in [0.15, 0.2) is 54.9 Å². The number of pyridine rings is 1. The summed E-state index contributed by atoms with van der Waals surface area (Å²) in [5.41, 5.74) is 3.43. The first kappa shape index (κ1) is 23.6. The lowest BCUT2D eigenvalue weighted by Crippen LogP contribution is -2.48. The summed E-state index contributed by atoms with van der Waals surface area (Å²) in [5, 5.41) is 4.71. The highest BCUT2D eigenvalue weighted by molar-refractivity contribution is 7.89. The van der Waals surface area contributed by atoms with Crippen LogP contribution in [0.5, 0.6) is 0 Å². The van der Waals surface area contributed by atoms with Gasteiger partial charge in [0, 0.05) is 55.7 Å². The van der Waals surface area contributed by atoms with Gasteiger partial charge in [-0.25, -0.2) is 12.8 Å². The molecule has 2 aromatic heterocycles. The van der Waals surface area contributed by atoms with Gasteiger partial charge in [0.05, 0.1) is 11.4 Å². The van der Waals surface area contributed by atoms with Gasteiger partial charge in [-0.3, -0.25) is 14.5 Å². The molecule has 0 bridgehead atoms. The summed E-state index contributed by atoms with van der Waals surface area (Å²) in [7, 11) is -3.15. The predicted molar refractivity (Wildman–Crippen MR) is 129 cm³/mol. The van der Waals surface area contributed by atoms with E-state index in [1.165, 1.54) is 12.1 Å². The molecular formula is C25H28FN5O3S. The van der Waals surface area contributed by atoms with Crippen molar-refractivity contribution < 1.29 is 17.6 Å². The molecule has 2 aliphatic rings. The van der Waals surface area contributed by atoms with E-state index >= 15 is 0 Å². The van der Waals surface area contributed by atoms with Crippen molar-refractivity contribution in [3.63, 3.8) is 0 Å². The summed E-state index contributed by atoms with van der Waals surface area (Å²) >= 11 is 0. The number of amides is 1. The molecule has 0 aliphatic carbocycles. The number of likely N-dealkylation sites (tertiary alicyclic amines) is 1. The molecule has 10 heteroatoms. The van der Waals surface area contributed by atoms with Crippen LogP contribution in [-0.2, 0) is 27.8 Å². The molecule has 2 fully saturated rings. The molecule has 0 spiro atoms. The Morgan fingerprint density at radius 3 is 2.40 bits per heavy atom. The second kappa shape index (κ2) is 9.87. The van der Waals surface area contributed by atoms with Gasteiger partial charge in [-0.2, -0.15) is 9.40 Å². The number of carbonyl (C=O) groups excluding carboxylic acids is 1. The number of nitrogens with zero attached hydrogens (tertiary/aromatic N) is 5. The summed E-state index contributed by atoms with van der Waals surface area (Å²) < 4.78 is 41.2. The fourth-order valence-corrected chi connectivity index (χ4v) is 6.71. The Balaban J connectivity index is 1.30. The molecule has 5 rings (SSSR count). The monoisotopic (exact) mass is 497 g/mol. The van der Waals surface area contributed by atoms with E-state index in [1.807, 2.05) is 18.2 Å². The van der Waals surface area contributed by atoms with E-state index in [9.17, 15) is 17.6 Å². The van der Waals surface area contributed by atoms with Crippen LogP contribution in [0.1, 0.15) is 30.5 Å². The molecule has 184 valence electrons. The number of aromatic nitrogens is 3. The van der Waals surface area contributed by atoms with Gasteiger partial charge in [0.2, 0.25) is 15.9 Å². The molecule has 0 saturated carbocycles. The van der Waals surface area contributed by atoms with Crippen molar-refractivity contribution >= 4 is 15.9 Å². The van der Waals surface area contributed by atoms with E-state index in [2.05, 4.69) is 4.98 Å². The highest BCUT2D eigenvalue weighted by atomic mass is 32.2. The maximum Gasteiger partial charge on any atom is 0.244 e. The van der Waals surface area contributed by atoms with Gasteiger partial charge in [-0.15, -0.1) is 0 Å². The molecule has 0 atom stereocenters. The summed E-state index contributed by atoms with van der Waals surface area (Å²) in [6.45, 7) is 1.73. The summed E-state index contributed by atoms with van der Waals surface area (Å²) in [4.78, 5) is 19.0. The zero-order valence-electron chi connectivity index (χ0n) is 19.4. The van der Waals surface area contributed by atoms with Crippen molar-refractivity contribution in [2.75, 3.05) is 25.4 Å². The average molecular weight is 498 g/mol. The lowest BCUT2D eigenvalue weighted by Gasteiger charge is -2.35. The molecule has 1 aromatic carbocycles. The van der Waals surface area contributed by atoms with Gasteiger partial charge in [0.25, 0.3) is 0 Å². The van der Waals surface area contributed by atoms with Crippen LogP contribution in [0.4, 0.5) is 4.39 Å². The first-order valence-electron chi connectivity index (χ1n) is 11.9. The minimum atomic E-state index is -3.15. The van der Waals surface area contributed by atoms with Crippen LogP contribution in [0.25, 0.3) is 11.3 Å². The lowest BCUT2D eigenvalue weighted by atomic mass is 10.0. The van der Waals surface area contributed by atoms with Gasteiger partial charge in [0.1, 0.15) is 12.4 Å². The molecule has 0 radical (unpaired) electrons. The minimum absolute atomic E-state index is 0.0245. The van der Waals surface area contributed by atoms with Crippen LogP contribution >= 0.6 is 0 Å². The topological polar surface area (TPSA) is 88.4 Å². The normalized spacial score (nSPS) is 18.7. The van der Waals surface area contributed by atoms with E-state index in [0.717, 1.165) is 22.5 Å². The van der Waals surface area contributed by atoms with Crippen LogP contribution < -0.4 is 0 Å². The highest BCUT2D eigenvalue weighted by Crippen LogP contribution is 2.25. The molecular weight excluding hydrogens is 469 g/mol. The Morgan fingerprint density at radius 2 is 1.74 bits per heavy atom. The van der Waals surface area contributed by atoms with Crippen LogP contribution in [0.2, 0.25) is 0 Å². The molecule has 35 heavy (non-hydrogen) atoms. The smallest absolute Gasteiger partial charge is 0.244 e. The van der Waals surface area contributed by atoms with Crippen LogP contribution in [0.3, 0.4) is 0 Å². The fraction of sp³-hybridized carbons (Fsp3) is 0.400. The van der Waals surface area contributed by atoms with Crippen LogP contribution in [0, 0.1) is 5.82 Å². The number of benzene rings is 1. The van der Waals surface area contributed by atoms with E-state index in [-0.39, 0.29) is 30.1 Å². The lowest BCUT2D eigenvalue weighted by molar-refractivity contribution is -0.133. The van der Waals surface area contributed by atoms with Crippen molar-refractivity contribution in [3.8, 4) is 11.3 Å². The zero-order chi connectivity index (χ0) is 24.4. The second-order valence-electron chi connectivity index (χ2n) is 9.11. The molecule has 2 saturated heterocycles. The van der Waals surface area contributed by atoms with Crippen molar-refractivity contribution in [2.24, 2.45) is 0 Å². The summed E-state index contributed by atoms with van der Waals surface area (Å²) in [6.07, 6.45) is 5.88. The Bertz CT molecular complexity index is 1290. The third-order valence-corrected chi connectivity index (χ3v) is 8.79. The number of halogens is 1. The van der Waals surface area contributed by atoms with Crippen molar-refractivity contribution in [1.29, 1.82) is 0 Å². The van der Waals surface area contributed by atoms with E-state index in [0.29, 0.717) is 45.3 Å². The molecule has 1 amide bonds. The number of carbonyl (C=O) groups is 1. The van der Waals surface area contributed by atoms with Gasteiger partial charge in [-0.1, -0.05) is 12.1 Å². The largest absolute Gasteiger partial charge is 0.341 e. The van der Waals surface area contributed by atoms with Gasteiger partial charge in [-0.05, 0) is 55.2 Å². The van der Waals surface area contributed by atoms with E-state index < -0.39 is 10.0 Å². The average Bonchev–Trinajstić information content (AvgIpc) is 3.43. The van der Waals surface area contributed by atoms with Gasteiger partial charge < -0.3 is 4.90 Å². The maximum atomic E-state index is 13.4. The number of sulfonamides is 1. The molecule has 2 aliphatic heterocycles. The molecule has 3 aromatic rings. The molecule has 4 heterocycles. The minimum Gasteiger partial charge on any atom is -0.341 e. The third-order valence-electron chi connectivity index (χ3n) is 6.79. The molecule has 8 nitrogen and oxygen atoms in total. The number of piperidine rings is 1. The molecule has 0 unspecified atom stereocenters. The van der Waals surface area contributed by atoms with Crippen molar-refractivity contribution in [3.05, 3.63) is 71.9 Å². The Kier molecular flexibility index (Phi) is 6.66. The fourth-order valence-electron chi connectivity index (χ4n) is 4.91. The Hall–Kier alpha value is -3.11. The van der Waals surface area contributed by atoms with Gasteiger partial charge in [0.15, 0.2) is 0 Å². The standard InChI is InChI=1S/C25H28FN5O3S/c26-21-4-2-19(3-5-21)16-23-17-24(20-6-10-27-11-7-20)28-30(23)18-25(32)29-13-8-22(9-14-29)31-12-1-15-35(31,33)34/h2-7,10-11,17,22H,1,8-9,12-16,18H2. The van der Waals surface area contributed by atoms with Crippen LogP contribution in [-0.4, -0.2) is 69.7 Å². The molecule has 0 N–H and O–H groups in total. The van der Waals surface area contributed by atoms with Crippen molar-refractivity contribution in [1.82, 2.24) is 24.0 Å². The SMILES string of the molecule is O=C(Cn1nc(-c2ccncc2)cc1Cc1ccc(F)cc1)N1CCC(N2CCCS2(=O)=O)CC1. The van der Waals surface area contributed by atoms with E-state index in [1.54, 1.807) is 38.4 Å². The summed E-state index contributed by atoms with van der Waals surface area (Å²) in [5.74, 6) is -0.111. The number of hydrogen-bond donors (Lipinski definition) is 0. The Labute approximate surface area is 204 Å². The quantitative estimate of drug-likeness (QED) is 0.523. The maximum absolute atomic E-state index is 13.4. The Morgan fingerprint density at radius 1 is 1.03 bits per heavy atom. The second-order valence-corrected chi connectivity index (χ2v) is 11.2.